The second-order valence-corrected chi connectivity index (χ2v) is 4.04. The van der Waals surface area contributed by atoms with Gasteiger partial charge in [0.1, 0.15) is 0 Å². The van der Waals surface area contributed by atoms with Gasteiger partial charge in [0.25, 0.3) is 0 Å². The van der Waals surface area contributed by atoms with E-state index in [0.717, 1.165) is 5.92 Å². The summed E-state index contributed by atoms with van der Waals surface area (Å²) < 4.78 is 0. The third-order valence-corrected chi connectivity index (χ3v) is 1.80. The molecule has 0 heteroatoms. The van der Waals surface area contributed by atoms with Gasteiger partial charge in [-0.3, -0.25) is 0 Å². The molecular formula is C13H22. The summed E-state index contributed by atoms with van der Waals surface area (Å²) in [4.78, 5) is 0. The molecule has 0 N–H and O–H groups in total. The minimum atomic E-state index is 0.833. The van der Waals surface area contributed by atoms with Crippen LogP contribution in [-0.4, -0.2) is 0 Å². The zero-order valence-electron chi connectivity index (χ0n) is 9.27. The van der Waals surface area contributed by atoms with Gasteiger partial charge in [0.2, 0.25) is 0 Å². The van der Waals surface area contributed by atoms with Crippen LogP contribution in [0.2, 0.25) is 0 Å². The monoisotopic (exact) mass is 178 g/mol. The van der Waals surface area contributed by atoms with E-state index in [1.807, 2.05) is 12.2 Å². The zero-order valence-corrected chi connectivity index (χ0v) is 9.27. The molecule has 0 aliphatic heterocycles. The quantitative estimate of drug-likeness (QED) is 0.584. The predicted molar refractivity (Wildman–Crippen MR) is 61.8 cm³/mol. The van der Waals surface area contributed by atoms with Crippen molar-refractivity contribution >= 4 is 0 Å². The van der Waals surface area contributed by atoms with Crippen LogP contribution in [0.25, 0.3) is 0 Å². The lowest BCUT2D eigenvalue weighted by Crippen LogP contribution is -1.71. The first-order chi connectivity index (χ1) is 6.11. The number of hydrogen-bond donors (Lipinski definition) is 0. The number of hydrogen-bond acceptors (Lipinski definition) is 0. The largest absolute Gasteiger partial charge is 0.0988 e. The maximum absolute atomic E-state index is 3.74. The van der Waals surface area contributed by atoms with Crippen LogP contribution in [0, 0.1) is 5.92 Å². The van der Waals surface area contributed by atoms with Crippen LogP contribution in [0.1, 0.15) is 40.0 Å². The Hall–Kier alpha value is -0.780. The molecule has 0 nitrogen and oxygen atoms in total. The Bertz CT molecular complexity index is 173. The van der Waals surface area contributed by atoms with Crippen LogP contribution < -0.4 is 0 Å². The van der Waals surface area contributed by atoms with E-state index in [4.69, 9.17) is 0 Å². The summed E-state index contributed by atoms with van der Waals surface area (Å²) in [5.74, 6) is 0.833. The molecule has 0 fully saturated rings. The first kappa shape index (κ1) is 12.2. The number of rotatable bonds is 2. The molecule has 0 unspecified atom stereocenters. The van der Waals surface area contributed by atoms with Crippen molar-refractivity contribution in [2.45, 2.75) is 40.0 Å². The van der Waals surface area contributed by atoms with Gasteiger partial charge in [-0.15, -0.1) is 0 Å². The van der Waals surface area contributed by atoms with Gasteiger partial charge in [-0.25, -0.2) is 0 Å². The van der Waals surface area contributed by atoms with Crippen LogP contribution in [0.3, 0.4) is 0 Å². The molecular weight excluding hydrogens is 156 g/mol. The second kappa shape index (κ2) is 6.71. The molecule has 1 aliphatic carbocycles. The highest BCUT2D eigenvalue weighted by atomic mass is 14.1. The van der Waals surface area contributed by atoms with Gasteiger partial charge in [0.05, 0.1) is 0 Å². The van der Waals surface area contributed by atoms with E-state index in [-0.39, 0.29) is 0 Å². The summed E-state index contributed by atoms with van der Waals surface area (Å²) in [5.41, 5.74) is 2.79. The minimum absolute atomic E-state index is 0.833. The molecule has 13 heavy (non-hydrogen) atoms. The van der Waals surface area contributed by atoms with Gasteiger partial charge in [-0.05, 0) is 36.3 Å². The van der Waals surface area contributed by atoms with Crippen molar-refractivity contribution in [3.8, 4) is 0 Å². The van der Waals surface area contributed by atoms with Crippen molar-refractivity contribution in [3.63, 3.8) is 0 Å². The molecule has 0 heterocycles. The first-order valence-corrected chi connectivity index (χ1v) is 5.08. The molecule has 0 aromatic carbocycles. The highest BCUT2D eigenvalue weighted by Gasteiger charge is 2.07. The third-order valence-electron chi connectivity index (χ3n) is 1.80. The Morgan fingerprint density at radius 3 is 1.54 bits per heavy atom. The normalized spacial score (nSPS) is 15.4. The molecule has 0 aromatic heterocycles. The lowest BCUT2D eigenvalue weighted by molar-refractivity contribution is 0.737. The topological polar surface area (TPSA) is 0 Å². The van der Waals surface area contributed by atoms with Crippen molar-refractivity contribution in [3.05, 3.63) is 36.5 Å². The zero-order chi connectivity index (χ0) is 10.3. The third kappa shape index (κ3) is 5.46. The fraction of sp³-hybridized carbons (Fsp3) is 0.538. The van der Waals surface area contributed by atoms with Crippen molar-refractivity contribution in [2.75, 3.05) is 0 Å². The molecule has 1 aliphatic rings. The van der Waals surface area contributed by atoms with E-state index in [1.165, 1.54) is 30.4 Å². The van der Waals surface area contributed by atoms with Crippen molar-refractivity contribution in [1.29, 1.82) is 0 Å². The Kier molecular flexibility index (Phi) is 6.30. The lowest BCUT2D eigenvalue weighted by Gasteiger charge is -1.92. The summed E-state index contributed by atoms with van der Waals surface area (Å²) in [5, 5.41) is 0. The molecule has 0 atom stereocenters. The SMILES string of the molecule is C=CC1=C(C=C)CCC1.CC(C)C. The molecule has 0 saturated heterocycles. The molecule has 74 valence electrons. The lowest BCUT2D eigenvalue weighted by atomic mass is 10.1. The molecule has 1 rings (SSSR count). The van der Waals surface area contributed by atoms with Gasteiger partial charge in [0, 0.05) is 0 Å². The average Bonchev–Trinajstić information content (AvgIpc) is 2.49. The van der Waals surface area contributed by atoms with Crippen LogP contribution in [0.5, 0.6) is 0 Å². The average molecular weight is 178 g/mol. The van der Waals surface area contributed by atoms with Gasteiger partial charge in [-0.2, -0.15) is 0 Å². The Morgan fingerprint density at radius 2 is 1.31 bits per heavy atom. The Labute approximate surface area is 83.0 Å². The van der Waals surface area contributed by atoms with Gasteiger partial charge in [0.15, 0.2) is 0 Å². The summed E-state index contributed by atoms with van der Waals surface area (Å²) in [6.45, 7) is 14.0. The van der Waals surface area contributed by atoms with Crippen molar-refractivity contribution in [2.24, 2.45) is 5.92 Å². The molecule has 0 saturated carbocycles. The molecule has 0 spiro atoms. The highest BCUT2D eigenvalue weighted by molar-refractivity contribution is 5.34. The van der Waals surface area contributed by atoms with E-state index >= 15 is 0 Å². The van der Waals surface area contributed by atoms with Crippen LogP contribution in [-0.2, 0) is 0 Å². The van der Waals surface area contributed by atoms with Crippen LogP contribution in [0.15, 0.2) is 36.5 Å². The standard InChI is InChI=1S/C9H12.C4H10/c1-3-8-6-5-7-9(8)4-2;1-4(2)3/h3-4H,1-2,5-7H2;4H,1-3H3. The minimum Gasteiger partial charge on any atom is -0.0988 e. The van der Waals surface area contributed by atoms with E-state index < -0.39 is 0 Å². The Balaban J connectivity index is 0.000000310. The Morgan fingerprint density at radius 1 is 1.00 bits per heavy atom. The highest BCUT2D eigenvalue weighted by Crippen LogP contribution is 2.26. The van der Waals surface area contributed by atoms with Crippen molar-refractivity contribution < 1.29 is 0 Å². The predicted octanol–water partition coefficient (Wildman–Crippen LogP) is 4.50. The van der Waals surface area contributed by atoms with Gasteiger partial charge in [-0.1, -0.05) is 46.1 Å². The fourth-order valence-corrected chi connectivity index (χ4v) is 1.26. The van der Waals surface area contributed by atoms with Crippen molar-refractivity contribution in [1.82, 2.24) is 0 Å². The maximum Gasteiger partial charge on any atom is -0.0273 e. The second-order valence-electron chi connectivity index (χ2n) is 4.04. The molecule has 0 bridgehead atoms. The van der Waals surface area contributed by atoms with E-state index in [2.05, 4.69) is 33.9 Å². The summed E-state index contributed by atoms with van der Waals surface area (Å²) in [7, 11) is 0. The summed E-state index contributed by atoms with van der Waals surface area (Å²) in [6, 6.07) is 0. The van der Waals surface area contributed by atoms with Gasteiger partial charge >= 0.3 is 0 Å². The van der Waals surface area contributed by atoms with Crippen LogP contribution in [0.4, 0.5) is 0 Å². The molecule has 0 radical (unpaired) electrons. The molecule has 0 aromatic rings. The maximum atomic E-state index is 3.74. The summed E-state index contributed by atoms with van der Waals surface area (Å²) in [6.07, 6.45) is 7.58. The molecule has 0 amide bonds. The van der Waals surface area contributed by atoms with E-state index in [0.29, 0.717) is 0 Å². The van der Waals surface area contributed by atoms with E-state index in [9.17, 15) is 0 Å². The first-order valence-electron chi connectivity index (χ1n) is 5.08. The number of allylic oxidation sites excluding steroid dienone is 4. The smallest absolute Gasteiger partial charge is 0.0273 e. The van der Waals surface area contributed by atoms with Crippen LogP contribution >= 0.6 is 0 Å². The summed E-state index contributed by atoms with van der Waals surface area (Å²) >= 11 is 0. The fourth-order valence-electron chi connectivity index (χ4n) is 1.26. The van der Waals surface area contributed by atoms with E-state index in [1.54, 1.807) is 0 Å². The van der Waals surface area contributed by atoms with Gasteiger partial charge < -0.3 is 0 Å².